The second-order valence-electron chi connectivity index (χ2n) is 4.12. The van der Waals surface area contributed by atoms with Crippen LogP contribution in [0.1, 0.15) is 33.1 Å². The summed E-state index contributed by atoms with van der Waals surface area (Å²) in [4.78, 5) is 0. The van der Waals surface area contributed by atoms with Crippen LogP contribution in [-0.2, 0) is 4.74 Å². The van der Waals surface area contributed by atoms with Gasteiger partial charge in [0.2, 0.25) is 0 Å². The molecule has 12 heavy (non-hydrogen) atoms. The lowest BCUT2D eigenvalue weighted by atomic mass is 10.00. The van der Waals surface area contributed by atoms with E-state index in [9.17, 15) is 0 Å². The molecule has 1 N–H and O–H groups in total. The average Bonchev–Trinajstić information content (AvgIpc) is 2.78. The number of rotatable bonds is 6. The summed E-state index contributed by atoms with van der Waals surface area (Å²) >= 11 is 0. The molecule has 72 valence electrons. The molecule has 0 spiro atoms. The van der Waals surface area contributed by atoms with Crippen molar-refractivity contribution in [1.29, 1.82) is 0 Å². The maximum Gasteiger partial charge on any atom is 0.0621 e. The van der Waals surface area contributed by atoms with Crippen molar-refractivity contribution in [3.8, 4) is 0 Å². The van der Waals surface area contributed by atoms with Crippen LogP contribution in [0, 0.1) is 5.41 Å². The van der Waals surface area contributed by atoms with Gasteiger partial charge in [-0.25, -0.2) is 0 Å². The monoisotopic (exact) mass is 171 g/mol. The fourth-order valence-electron chi connectivity index (χ4n) is 1.54. The minimum absolute atomic E-state index is 0.533. The standard InChI is InChI=1S/C10H21NO/c1-4-7-11-9(8-12-3)10(2)5-6-10/h9,11H,4-8H2,1-3H3. The minimum atomic E-state index is 0.533. The first-order chi connectivity index (χ1) is 5.73. The van der Waals surface area contributed by atoms with E-state index in [4.69, 9.17) is 4.74 Å². The first-order valence-corrected chi connectivity index (χ1v) is 4.95. The van der Waals surface area contributed by atoms with Gasteiger partial charge >= 0.3 is 0 Å². The fourth-order valence-corrected chi connectivity index (χ4v) is 1.54. The molecular weight excluding hydrogens is 150 g/mol. The number of ether oxygens (including phenoxy) is 1. The normalized spacial score (nSPS) is 22.2. The van der Waals surface area contributed by atoms with Crippen molar-refractivity contribution in [1.82, 2.24) is 5.32 Å². The Morgan fingerprint density at radius 1 is 1.50 bits per heavy atom. The summed E-state index contributed by atoms with van der Waals surface area (Å²) in [5.74, 6) is 0. The molecule has 0 aromatic heterocycles. The Hall–Kier alpha value is -0.0800. The third kappa shape index (κ3) is 2.46. The predicted octanol–water partition coefficient (Wildman–Crippen LogP) is 1.80. The van der Waals surface area contributed by atoms with Gasteiger partial charge in [0.05, 0.1) is 6.61 Å². The highest BCUT2D eigenvalue weighted by molar-refractivity contribution is 4.98. The van der Waals surface area contributed by atoms with Crippen LogP contribution in [0.3, 0.4) is 0 Å². The van der Waals surface area contributed by atoms with Crippen LogP contribution in [0.5, 0.6) is 0 Å². The maximum absolute atomic E-state index is 5.21. The van der Waals surface area contributed by atoms with Crippen LogP contribution >= 0.6 is 0 Å². The molecule has 1 aliphatic rings. The van der Waals surface area contributed by atoms with Crippen molar-refractivity contribution in [2.75, 3.05) is 20.3 Å². The van der Waals surface area contributed by atoms with E-state index in [0.29, 0.717) is 11.5 Å². The Kier molecular flexibility index (Phi) is 3.53. The Morgan fingerprint density at radius 3 is 2.58 bits per heavy atom. The zero-order valence-electron chi connectivity index (χ0n) is 8.52. The largest absolute Gasteiger partial charge is 0.383 e. The zero-order chi connectivity index (χ0) is 9.03. The Balaban J connectivity index is 2.28. The second-order valence-corrected chi connectivity index (χ2v) is 4.12. The van der Waals surface area contributed by atoms with E-state index < -0.39 is 0 Å². The van der Waals surface area contributed by atoms with E-state index in [1.807, 2.05) is 0 Å². The van der Waals surface area contributed by atoms with E-state index in [-0.39, 0.29) is 0 Å². The molecule has 1 rings (SSSR count). The fraction of sp³-hybridized carbons (Fsp3) is 1.00. The lowest BCUT2D eigenvalue weighted by molar-refractivity contribution is 0.137. The van der Waals surface area contributed by atoms with E-state index >= 15 is 0 Å². The quantitative estimate of drug-likeness (QED) is 0.658. The molecule has 0 aromatic carbocycles. The highest BCUT2D eigenvalue weighted by atomic mass is 16.5. The number of nitrogens with one attached hydrogen (secondary N) is 1. The molecule has 0 aliphatic heterocycles. The summed E-state index contributed by atoms with van der Waals surface area (Å²) in [7, 11) is 1.78. The SMILES string of the molecule is CCCNC(COC)C1(C)CC1. The van der Waals surface area contributed by atoms with Gasteiger partial charge in [0, 0.05) is 13.2 Å². The molecule has 1 fully saturated rings. The van der Waals surface area contributed by atoms with Crippen LogP contribution in [-0.4, -0.2) is 26.3 Å². The van der Waals surface area contributed by atoms with Gasteiger partial charge in [-0.3, -0.25) is 0 Å². The third-order valence-corrected chi connectivity index (χ3v) is 2.85. The van der Waals surface area contributed by atoms with Crippen LogP contribution in [0.25, 0.3) is 0 Å². The van der Waals surface area contributed by atoms with E-state index in [1.165, 1.54) is 19.3 Å². The molecule has 1 atom stereocenters. The topological polar surface area (TPSA) is 21.3 Å². The van der Waals surface area contributed by atoms with Crippen molar-refractivity contribution in [3.05, 3.63) is 0 Å². The number of methoxy groups -OCH3 is 1. The Labute approximate surface area is 75.7 Å². The second kappa shape index (κ2) is 4.24. The van der Waals surface area contributed by atoms with Crippen LogP contribution in [0.4, 0.5) is 0 Å². The van der Waals surface area contributed by atoms with Gasteiger partial charge in [-0.15, -0.1) is 0 Å². The van der Waals surface area contributed by atoms with E-state index in [0.717, 1.165) is 13.2 Å². The average molecular weight is 171 g/mol. The van der Waals surface area contributed by atoms with Crippen molar-refractivity contribution in [2.24, 2.45) is 5.41 Å². The maximum atomic E-state index is 5.21. The molecule has 1 aliphatic carbocycles. The summed E-state index contributed by atoms with van der Waals surface area (Å²) in [5.41, 5.74) is 0.533. The zero-order valence-corrected chi connectivity index (χ0v) is 8.52. The molecule has 0 heterocycles. The smallest absolute Gasteiger partial charge is 0.0621 e. The van der Waals surface area contributed by atoms with Crippen molar-refractivity contribution in [2.45, 2.75) is 39.2 Å². The minimum Gasteiger partial charge on any atom is -0.383 e. The molecule has 0 amide bonds. The van der Waals surface area contributed by atoms with Crippen molar-refractivity contribution in [3.63, 3.8) is 0 Å². The third-order valence-electron chi connectivity index (χ3n) is 2.85. The molecule has 0 saturated heterocycles. The molecule has 0 bridgehead atoms. The molecule has 0 radical (unpaired) electrons. The summed E-state index contributed by atoms with van der Waals surface area (Å²) in [5, 5.41) is 3.55. The van der Waals surface area contributed by atoms with Crippen LogP contribution in [0.15, 0.2) is 0 Å². The first-order valence-electron chi connectivity index (χ1n) is 4.95. The van der Waals surface area contributed by atoms with Crippen molar-refractivity contribution >= 4 is 0 Å². The summed E-state index contributed by atoms with van der Waals surface area (Å²) < 4.78 is 5.21. The summed E-state index contributed by atoms with van der Waals surface area (Å²) in [6.45, 7) is 6.52. The number of hydrogen-bond donors (Lipinski definition) is 1. The van der Waals surface area contributed by atoms with Gasteiger partial charge in [-0.1, -0.05) is 13.8 Å². The van der Waals surface area contributed by atoms with Gasteiger partial charge in [0.15, 0.2) is 0 Å². The molecular formula is C10H21NO. The highest BCUT2D eigenvalue weighted by Gasteiger charge is 2.44. The Morgan fingerprint density at radius 2 is 2.17 bits per heavy atom. The Bertz CT molecular complexity index is 132. The van der Waals surface area contributed by atoms with E-state index in [1.54, 1.807) is 7.11 Å². The predicted molar refractivity (Wildman–Crippen MR) is 51.3 cm³/mol. The summed E-state index contributed by atoms with van der Waals surface area (Å²) in [6.07, 6.45) is 3.92. The summed E-state index contributed by atoms with van der Waals surface area (Å²) in [6, 6.07) is 0.572. The molecule has 2 nitrogen and oxygen atoms in total. The van der Waals surface area contributed by atoms with Crippen LogP contribution < -0.4 is 5.32 Å². The van der Waals surface area contributed by atoms with Gasteiger partial charge in [-0.05, 0) is 31.2 Å². The lowest BCUT2D eigenvalue weighted by Gasteiger charge is -2.23. The van der Waals surface area contributed by atoms with Crippen LogP contribution in [0.2, 0.25) is 0 Å². The highest BCUT2D eigenvalue weighted by Crippen LogP contribution is 2.48. The molecule has 0 aromatic rings. The molecule has 2 heteroatoms. The van der Waals surface area contributed by atoms with Gasteiger partial charge in [-0.2, -0.15) is 0 Å². The van der Waals surface area contributed by atoms with Gasteiger partial charge in [0.25, 0.3) is 0 Å². The molecule has 1 saturated carbocycles. The number of hydrogen-bond acceptors (Lipinski definition) is 2. The van der Waals surface area contributed by atoms with Gasteiger partial charge in [0.1, 0.15) is 0 Å². The first kappa shape index (κ1) is 10.0. The van der Waals surface area contributed by atoms with Gasteiger partial charge < -0.3 is 10.1 Å². The lowest BCUT2D eigenvalue weighted by Crippen LogP contribution is -2.40. The van der Waals surface area contributed by atoms with Crippen molar-refractivity contribution < 1.29 is 4.74 Å². The molecule has 1 unspecified atom stereocenters. The van der Waals surface area contributed by atoms with E-state index in [2.05, 4.69) is 19.2 Å².